The number of rotatable bonds is 4. The van der Waals surface area contributed by atoms with E-state index < -0.39 is 52.1 Å². The first kappa shape index (κ1) is 31.1. The smallest absolute Gasteiger partial charge is 0.417 e. The van der Waals surface area contributed by atoms with E-state index in [0.717, 1.165) is 0 Å². The summed E-state index contributed by atoms with van der Waals surface area (Å²) in [6, 6.07) is 2.26. The van der Waals surface area contributed by atoms with Crippen LogP contribution in [0.15, 0.2) is 35.3 Å². The van der Waals surface area contributed by atoms with Crippen molar-refractivity contribution in [3.05, 3.63) is 63.3 Å². The number of hydrogen-bond donors (Lipinski definition) is 3. The number of carbonyl (C=O) groups excluding carboxylic acids is 1. The lowest BCUT2D eigenvalue weighted by molar-refractivity contribution is -0.138. The number of aromatic nitrogens is 1. The number of benzene rings is 1. The van der Waals surface area contributed by atoms with E-state index in [-0.39, 0.29) is 35.6 Å². The van der Waals surface area contributed by atoms with Gasteiger partial charge in [0.15, 0.2) is 0 Å². The Balaban J connectivity index is 1.85. The lowest BCUT2D eigenvalue weighted by Gasteiger charge is -2.44. The predicted octanol–water partition coefficient (Wildman–Crippen LogP) is 5.11. The van der Waals surface area contributed by atoms with Crippen molar-refractivity contribution in [2.75, 3.05) is 36.9 Å². The Morgan fingerprint density at radius 3 is 2.24 bits per heavy atom. The van der Waals surface area contributed by atoms with E-state index in [1.165, 1.54) is 17.0 Å². The first-order valence-electron chi connectivity index (χ1n) is 13.5. The molecule has 0 saturated carbocycles. The lowest BCUT2D eigenvalue weighted by Crippen LogP contribution is -2.55. The quantitative estimate of drug-likeness (QED) is 0.426. The number of nitrogens with one attached hydrogen (secondary N) is 2. The van der Waals surface area contributed by atoms with Crippen molar-refractivity contribution < 1.29 is 32.3 Å². The molecule has 0 bridgehead atoms. The molecule has 4 rings (SSSR count). The van der Waals surface area contributed by atoms with Gasteiger partial charge in [0.1, 0.15) is 5.82 Å². The highest BCUT2D eigenvalue weighted by molar-refractivity contribution is 6.07. The van der Waals surface area contributed by atoms with Crippen LogP contribution < -0.4 is 15.8 Å². The second-order valence-corrected chi connectivity index (χ2v) is 12.1. The second-order valence-electron chi connectivity index (χ2n) is 12.1. The zero-order valence-corrected chi connectivity index (χ0v) is 24.3. The van der Waals surface area contributed by atoms with Crippen LogP contribution >= 0.6 is 0 Å². The highest BCUT2D eigenvalue weighted by Gasteiger charge is 2.41. The number of carboxylic acid groups (broad SMARTS) is 1. The molecule has 1 aromatic heterocycles. The van der Waals surface area contributed by atoms with E-state index >= 15 is 4.39 Å². The Morgan fingerprint density at radius 1 is 1.07 bits per heavy atom. The number of nitrogens with zero attached hydrogens (tertiary/aromatic N) is 3. The Labute approximate surface area is 240 Å². The minimum absolute atomic E-state index is 0.0231. The summed E-state index contributed by atoms with van der Waals surface area (Å²) in [6.45, 7) is 10.4. The first-order chi connectivity index (χ1) is 19.4. The van der Waals surface area contributed by atoms with Crippen molar-refractivity contribution in [3.63, 3.8) is 0 Å². The summed E-state index contributed by atoms with van der Waals surface area (Å²) in [5.74, 6) is -1.80. The fourth-order valence-electron chi connectivity index (χ4n) is 5.79. The average molecular weight is 594 g/mol. The van der Waals surface area contributed by atoms with Gasteiger partial charge in [-0.15, -0.1) is 0 Å². The van der Waals surface area contributed by atoms with Gasteiger partial charge in [-0.25, -0.2) is 9.18 Å². The highest BCUT2D eigenvalue weighted by atomic mass is 19.4. The Hall–Kier alpha value is -3.87. The Bertz CT molecular complexity index is 1470. The van der Waals surface area contributed by atoms with Crippen molar-refractivity contribution in [2.24, 2.45) is 5.41 Å². The van der Waals surface area contributed by atoms with Crippen LogP contribution in [0.4, 0.5) is 33.7 Å². The minimum Gasteiger partial charge on any atom is -0.465 e. The number of H-pyrrole nitrogens is 1. The van der Waals surface area contributed by atoms with Gasteiger partial charge in [0.25, 0.3) is 5.91 Å². The molecule has 3 heterocycles. The molecule has 3 atom stereocenters. The van der Waals surface area contributed by atoms with E-state index in [1.807, 2.05) is 46.6 Å². The summed E-state index contributed by atoms with van der Waals surface area (Å²) in [5, 5.41) is 12.3. The van der Waals surface area contributed by atoms with Crippen molar-refractivity contribution in [1.29, 1.82) is 0 Å². The molecule has 1 unspecified atom stereocenters. The third kappa shape index (κ3) is 6.01. The van der Waals surface area contributed by atoms with Crippen molar-refractivity contribution >= 4 is 28.9 Å². The van der Waals surface area contributed by atoms with E-state index in [9.17, 15) is 32.7 Å². The van der Waals surface area contributed by atoms with Gasteiger partial charge >= 0.3 is 12.3 Å². The molecule has 9 nitrogen and oxygen atoms in total. The maximum absolute atomic E-state index is 16.0. The summed E-state index contributed by atoms with van der Waals surface area (Å²) in [7, 11) is 1.96. The largest absolute Gasteiger partial charge is 0.465 e. The number of anilines is 2. The number of aromatic amines is 1. The number of likely N-dealkylation sites (N-methyl/N-ethyl adjacent to an activating group) is 1. The van der Waals surface area contributed by atoms with E-state index in [0.29, 0.717) is 30.9 Å². The molecule has 1 aromatic carbocycles. The van der Waals surface area contributed by atoms with E-state index in [1.54, 1.807) is 6.08 Å². The van der Waals surface area contributed by atoms with Gasteiger partial charge in [-0.2, -0.15) is 13.2 Å². The zero-order chi connectivity index (χ0) is 31.3. The van der Waals surface area contributed by atoms with Crippen LogP contribution in [0.2, 0.25) is 0 Å². The molecule has 0 radical (unpaired) electrons. The molecule has 2 aromatic rings. The molecule has 1 saturated heterocycles. The van der Waals surface area contributed by atoms with Gasteiger partial charge in [0.05, 0.1) is 28.5 Å². The van der Waals surface area contributed by atoms with Gasteiger partial charge in [-0.3, -0.25) is 19.4 Å². The summed E-state index contributed by atoms with van der Waals surface area (Å²) in [4.78, 5) is 44.3. The molecule has 3 N–H and O–H groups in total. The summed E-state index contributed by atoms with van der Waals surface area (Å²) in [6.07, 6.45) is -3.85. The van der Waals surface area contributed by atoms with E-state index in [2.05, 4.69) is 15.2 Å². The van der Waals surface area contributed by atoms with Gasteiger partial charge < -0.3 is 20.3 Å². The Kier molecular flexibility index (Phi) is 8.20. The maximum Gasteiger partial charge on any atom is 0.417 e. The third-order valence-electron chi connectivity index (χ3n) is 8.00. The summed E-state index contributed by atoms with van der Waals surface area (Å²) < 4.78 is 57.2. The molecular formula is C29H35F4N5O4. The van der Waals surface area contributed by atoms with Crippen LogP contribution in [0.5, 0.6) is 0 Å². The monoisotopic (exact) mass is 593 g/mol. The topological polar surface area (TPSA) is 109 Å². The molecule has 0 aliphatic carbocycles. The third-order valence-corrected chi connectivity index (χ3v) is 8.00. The molecule has 2 aliphatic heterocycles. The van der Waals surface area contributed by atoms with E-state index in [4.69, 9.17) is 0 Å². The van der Waals surface area contributed by atoms with Crippen LogP contribution in [0, 0.1) is 11.2 Å². The molecule has 13 heteroatoms. The van der Waals surface area contributed by atoms with Crippen LogP contribution in [0.1, 0.15) is 56.1 Å². The fourth-order valence-corrected chi connectivity index (χ4v) is 5.79. The average Bonchev–Trinajstić information content (AvgIpc) is 3.33. The minimum atomic E-state index is -4.98. The van der Waals surface area contributed by atoms with Crippen molar-refractivity contribution in [3.8, 4) is 0 Å². The normalized spacial score (nSPS) is 21.9. The number of piperazine rings is 1. The molecule has 42 heavy (non-hydrogen) atoms. The maximum atomic E-state index is 16.0. The number of alkyl halides is 3. The molecular weight excluding hydrogens is 558 g/mol. The lowest BCUT2D eigenvalue weighted by atomic mass is 9.80. The second kappa shape index (κ2) is 11.1. The summed E-state index contributed by atoms with van der Waals surface area (Å²) in [5.41, 5.74) is -3.10. The number of amides is 2. The number of carbonyl (C=O) groups is 2. The molecule has 1 fully saturated rings. The molecule has 228 valence electrons. The van der Waals surface area contributed by atoms with Gasteiger partial charge in [0, 0.05) is 49.5 Å². The molecule has 0 spiro atoms. The highest BCUT2D eigenvalue weighted by Crippen LogP contribution is 2.43. The van der Waals surface area contributed by atoms with Gasteiger partial charge in [-0.05, 0) is 44.0 Å². The molecule has 2 aliphatic rings. The predicted molar refractivity (Wildman–Crippen MR) is 151 cm³/mol. The Morgan fingerprint density at radius 2 is 1.69 bits per heavy atom. The SMILES string of the molecule is C[C@@H]1CN(c2cc(F)c(C3=CCN(C(=O)O)C3C(C)(C)C)cc2NC(=O)c2c[nH]c(=O)cc2C(F)(F)F)C[C@H](C)N1C. The van der Waals surface area contributed by atoms with Gasteiger partial charge in [0.2, 0.25) is 5.56 Å². The zero-order valence-electron chi connectivity index (χ0n) is 24.3. The standard InChI is InChI=1S/C29H35F4N5O4/c1-15-13-37(14-16(2)36(15)6)23-11-21(30)18(17-7-8-38(27(41)42)25(17)28(3,4)5)9-22(23)35-26(40)19-12-34-24(39)10-20(19)29(31,32)33/h7,9-12,15-16,25H,8,13-14H2,1-6H3,(H,34,39)(H,35,40)(H,41,42)/t15-,16+,25?. The van der Waals surface area contributed by atoms with Crippen molar-refractivity contribution in [1.82, 2.24) is 14.8 Å². The van der Waals surface area contributed by atoms with Crippen LogP contribution in [0.25, 0.3) is 5.57 Å². The number of pyridine rings is 1. The van der Waals surface area contributed by atoms with Gasteiger partial charge in [-0.1, -0.05) is 26.8 Å². The number of hydrogen-bond acceptors (Lipinski definition) is 5. The van der Waals surface area contributed by atoms with Crippen LogP contribution in [-0.2, 0) is 6.18 Å². The van der Waals surface area contributed by atoms with Crippen LogP contribution in [-0.4, -0.2) is 76.7 Å². The van der Waals surface area contributed by atoms with Crippen LogP contribution in [0.3, 0.4) is 0 Å². The summed E-state index contributed by atoms with van der Waals surface area (Å²) >= 11 is 0. The fraction of sp³-hybridized carbons (Fsp3) is 0.483. The molecule has 2 amide bonds. The number of halogens is 4. The first-order valence-corrected chi connectivity index (χ1v) is 13.5. The van der Waals surface area contributed by atoms with Crippen molar-refractivity contribution in [2.45, 2.75) is 58.9 Å².